The first-order chi connectivity index (χ1) is 8.24. The molecule has 0 aromatic rings. The molecular weight excluding hydrogens is 220 g/mol. The van der Waals surface area contributed by atoms with Gasteiger partial charge in [0, 0.05) is 6.61 Å². The van der Waals surface area contributed by atoms with Gasteiger partial charge in [-0.25, -0.2) is 4.79 Å². The highest BCUT2D eigenvalue weighted by molar-refractivity contribution is 5.75. The Hall–Kier alpha value is -0.810. The zero-order valence-corrected chi connectivity index (χ0v) is 10.2. The molecule has 98 valence electrons. The molecule has 0 aromatic heterocycles. The smallest absolute Gasteiger partial charge is 0.315 e. The van der Waals surface area contributed by atoms with E-state index in [0.29, 0.717) is 6.61 Å². The number of nitrogens with one attached hydrogen (secondary N) is 2. The van der Waals surface area contributed by atoms with Gasteiger partial charge in [-0.1, -0.05) is 19.3 Å². The van der Waals surface area contributed by atoms with Crippen LogP contribution in [-0.4, -0.2) is 42.5 Å². The van der Waals surface area contributed by atoms with E-state index in [0.717, 1.165) is 38.7 Å². The molecule has 1 saturated heterocycles. The highest BCUT2D eigenvalue weighted by Crippen LogP contribution is 2.27. The maximum atomic E-state index is 11.8. The van der Waals surface area contributed by atoms with E-state index in [4.69, 9.17) is 4.74 Å². The third-order valence-electron chi connectivity index (χ3n) is 3.76. The van der Waals surface area contributed by atoms with Crippen LogP contribution >= 0.6 is 0 Å². The number of aliphatic hydroxyl groups excluding tert-OH is 1. The summed E-state index contributed by atoms with van der Waals surface area (Å²) in [5.74, 6) is 0. The van der Waals surface area contributed by atoms with E-state index in [2.05, 4.69) is 10.6 Å². The Labute approximate surface area is 102 Å². The Morgan fingerprint density at radius 2 is 2.12 bits per heavy atom. The lowest BCUT2D eigenvalue weighted by Gasteiger charge is -2.36. The van der Waals surface area contributed by atoms with E-state index in [1.54, 1.807) is 0 Å². The molecule has 1 atom stereocenters. The average molecular weight is 242 g/mol. The lowest BCUT2D eigenvalue weighted by molar-refractivity contribution is 0.124. The Balaban J connectivity index is 1.82. The van der Waals surface area contributed by atoms with Crippen LogP contribution in [0, 0.1) is 0 Å². The van der Waals surface area contributed by atoms with E-state index < -0.39 is 5.54 Å². The van der Waals surface area contributed by atoms with Gasteiger partial charge in [-0.15, -0.1) is 0 Å². The minimum absolute atomic E-state index is 0.0294. The summed E-state index contributed by atoms with van der Waals surface area (Å²) in [4.78, 5) is 11.8. The van der Waals surface area contributed by atoms with E-state index in [-0.39, 0.29) is 18.7 Å². The summed E-state index contributed by atoms with van der Waals surface area (Å²) >= 11 is 0. The number of urea groups is 1. The van der Waals surface area contributed by atoms with Crippen molar-refractivity contribution in [1.29, 1.82) is 0 Å². The molecule has 0 spiro atoms. The quantitative estimate of drug-likeness (QED) is 0.684. The van der Waals surface area contributed by atoms with Crippen LogP contribution in [0.1, 0.15) is 38.5 Å². The van der Waals surface area contributed by atoms with Crippen LogP contribution < -0.4 is 10.6 Å². The maximum absolute atomic E-state index is 11.8. The first-order valence-corrected chi connectivity index (χ1v) is 6.51. The fourth-order valence-corrected chi connectivity index (χ4v) is 2.66. The molecule has 1 heterocycles. The number of ether oxygens (including phenoxy) is 1. The average Bonchev–Trinajstić information content (AvgIpc) is 2.83. The molecule has 5 nitrogen and oxygen atoms in total. The van der Waals surface area contributed by atoms with Crippen molar-refractivity contribution in [2.75, 3.05) is 19.8 Å². The third-order valence-corrected chi connectivity index (χ3v) is 3.76. The number of aliphatic hydroxyl groups is 1. The number of carbonyl (C=O) groups excluding carboxylic acids is 1. The molecule has 0 aromatic carbocycles. The highest BCUT2D eigenvalue weighted by Gasteiger charge is 2.33. The second-order valence-electron chi connectivity index (χ2n) is 5.16. The zero-order valence-electron chi connectivity index (χ0n) is 10.2. The Morgan fingerprint density at radius 1 is 1.35 bits per heavy atom. The largest absolute Gasteiger partial charge is 0.394 e. The van der Waals surface area contributed by atoms with Gasteiger partial charge in [-0.05, 0) is 19.3 Å². The second-order valence-corrected chi connectivity index (χ2v) is 5.16. The van der Waals surface area contributed by atoms with Gasteiger partial charge in [-0.3, -0.25) is 0 Å². The van der Waals surface area contributed by atoms with Crippen LogP contribution in [0.15, 0.2) is 0 Å². The van der Waals surface area contributed by atoms with Gasteiger partial charge in [0.2, 0.25) is 0 Å². The van der Waals surface area contributed by atoms with Gasteiger partial charge in [0.25, 0.3) is 0 Å². The maximum Gasteiger partial charge on any atom is 0.315 e. The van der Waals surface area contributed by atoms with Crippen LogP contribution in [0.3, 0.4) is 0 Å². The van der Waals surface area contributed by atoms with Gasteiger partial charge in [0.15, 0.2) is 0 Å². The van der Waals surface area contributed by atoms with E-state index >= 15 is 0 Å². The van der Waals surface area contributed by atoms with E-state index in [1.165, 1.54) is 6.42 Å². The van der Waals surface area contributed by atoms with Crippen molar-refractivity contribution in [1.82, 2.24) is 10.6 Å². The summed E-state index contributed by atoms with van der Waals surface area (Å²) in [5.41, 5.74) is -0.401. The summed E-state index contributed by atoms with van der Waals surface area (Å²) in [7, 11) is 0. The highest BCUT2D eigenvalue weighted by atomic mass is 16.5. The van der Waals surface area contributed by atoms with Gasteiger partial charge in [0.05, 0.1) is 24.8 Å². The lowest BCUT2D eigenvalue weighted by atomic mass is 9.82. The summed E-state index contributed by atoms with van der Waals surface area (Å²) in [5, 5.41) is 15.3. The molecule has 2 aliphatic rings. The minimum Gasteiger partial charge on any atom is -0.394 e. The molecule has 0 radical (unpaired) electrons. The third kappa shape index (κ3) is 3.33. The minimum atomic E-state index is -0.401. The predicted octanol–water partition coefficient (Wildman–Crippen LogP) is 0.770. The molecular formula is C12H22N2O3. The van der Waals surface area contributed by atoms with Gasteiger partial charge < -0.3 is 20.5 Å². The predicted molar refractivity (Wildman–Crippen MR) is 63.8 cm³/mol. The van der Waals surface area contributed by atoms with Crippen molar-refractivity contribution in [3.05, 3.63) is 0 Å². The molecule has 1 unspecified atom stereocenters. The number of hydrogen-bond donors (Lipinski definition) is 3. The normalized spacial score (nSPS) is 27.7. The molecule has 2 fully saturated rings. The molecule has 17 heavy (non-hydrogen) atoms. The molecule has 0 bridgehead atoms. The van der Waals surface area contributed by atoms with Crippen molar-refractivity contribution in [3.8, 4) is 0 Å². The zero-order chi connectivity index (χ0) is 12.1. The number of hydrogen-bond acceptors (Lipinski definition) is 3. The van der Waals surface area contributed by atoms with Crippen LogP contribution in [0.5, 0.6) is 0 Å². The first-order valence-electron chi connectivity index (χ1n) is 6.51. The summed E-state index contributed by atoms with van der Waals surface area (Å²) in [6.45, 7) is 1.34. The molecule has 1 saturated carbocycles. The van der Waals surface area contributed by atoms with E-state index in [1.807, 2.05) is 0 Å². The van der Waals surface area contributed by atoms with Crippen molar-refractivity contribution in [2.45, 2.75) is 50.1 Å². The molecule has 1 aliphatic carbocycles. The van der Waals surface area contributed by atoms with Crippen LogP contribution in [0.25, 0.3) is 0 Å². The van der Waals surface area contributed by atoms with Crippen LogP contribution in [-0.2, 0) is 4.74 Å². The molecule has 2 amide bonds. The topological polar surface area (TPSA) is 70.6 Å². The lowest BCUT2D eigenvalue weighted by Crippen LogP contribution is -2.56. The Kier molecular flexibility index (Phi) is 4.23. The molecule has 1 aliphatic heterocycles. The first kappa shape index (κ1) is 12.6. The summed E-state index contributed by atoms with van der Waals surface area (Å²) in [6, 6.07) is -0.0502. The Morgan fingerprint density at radius 3 is 2.71 bits per heavy atom. The monoisotopic (exact) mass is 242 g/mol. The number of amides is 2. The van der Waals surface area contributed by atoms with Crippen LogP contribution in [0.2, 0.25) is 0 Å². The molecule has 2 rings (SSSR count). The van der Waals surface area contributed by atoms with Crippen molar-refractivity contribution in [3.63, 3.8) is 0 Å². The second kappa shape index (κ2) is 5.69. The number of carbonyl (C=O) groups is 1. The SMILES string of the molecule is O=C(NC1CCOC1)NC1(CO)CCCCC1. The van der Waals surface area contributed by atoms with Crippen molar-refractivity contribution in [2.24, 2.45) is 0 Å². The Bertz CT molecular complexity index is 258. The number of rotatable bonds is 3. The summed E-state index contributed by atoms with van der Waals surface area (Å²) < 4.78 is 5.21. The van der Waals surface area contributed by atoms with E-state index in [9.17, 15) is 9.90 Å². The van der Waals surface area contributed by atoms with Gasteiger partial charge in [-0.2, -0.15) is 0 Å². The fourth-order valence-electron chi connectivity index (χ4n) is 2.66. The molecule has 5 heteroatoms. The van der Waals surface area contributed by atoms with Gasteiger partial charge >= 0.3 is 6.03 Å². The summed E-state index contributed by atoms with van der Waals surface area (Å²) in [6.07, 6.45) is 5.97. The standard InChI is InChI=1S/C12H22N2O3/c15-9-12(5-2-1-3-6-12)14-11(16)13-10-4-7-17-8-10/h10,15H,1-9H2,(H2,13,14,16). The fraction of sp³-hybridized carbons (Fsp3) is 0.917. The van der Waals surface area contributed by atoms with Gasteiger partial charge in [0.1, 0.15) is 0 Å². The van der Waals surface area contributed by atoms with Crippen LogP contribution in [0.4, 0.5) is 4.79 Å². The van der Waals surface area contributed by atoms with Crippen molar-refractivity contribution < 1.29 is 14.6 Å². The molecule has 3 N–H and O–H groups in total. The van der Waals surface area contributed by atoms with Crippen molar-refractivity contribution >= 4 is 6.03 Å².